The third-order valence-corrected chi connectivity index (χ3v) is 6.03. The van der Waals surface area contributed by atoms with E-state index in [0.717, 1.165) is 61.2 Å². The fraction of sp³-hybridized carbons (Fsp3) is 0.600. The highest BCUT2D eigenvalue weighted by Crippen LogP contribution is 2.40. The molecule has 27 heavy (non-hydrogen) atoms. The number of aromatic amines is 1. The van der Waals surface area contributed by atoms with Gasteiger partial charge in [0, 0.05) is 30.8 Å². The molecule has 1 aliphatic carbocycles. The van der Waals surface area contributed by atoms with E-state index in [2.05, 4.69) is 27.0 Å². The Bertz CT molecular complexity index is 710. The van der Waals surface area contributed by atoms with Crippen LogP contribution in [0.3, 0.4) is 0 Å². The molecule has 0 spiro atoms. The molecule has 3 heterocycles. The van der Waals surface area contributed by atoms with E-state index >= 15 is 0 Å². The molecule has 0 radical (unpaired) electrons. The maximum absolute atomic E-state index is 6.19. The monoisotopic (exact) mass is 370 g/mol. The summed E-state index contributed by atoms with van der Waals surface area (Å²) in [7, 11) is 0. The number of H-pyrrole nitrogens is 1. The number of aliphatic imine (C=N–C) groups is 2. The van der Waals surface area contributed by atoms with Crippen LogP contribution in [0.2, 0.25) is 0 Å². The molecule has 4 N–H and O–H groups in total. The summed E-state index contributed by atoms with van der Waals surface area (Å²) in [6.07, 6.45) is 11.0. The van der Waals surface area contributed by atoms with Crippen LogP contribution in [0.15, 0.2) is 27.9 Å². The molecule has 1 atom stereocenters. The number of nitrogens with two attached hydrogens (primary N) is 1. The molecule has 0 bridgehead atoms. The van der Waals surface area contributed by atoms with Crippen molar-refractivity contribution in [2.45, 2.75) is 44.6 Å². The van der Waals surface area contributed by atoms with Gasteiger partial charge in [-0.15, -0.1) is 0 Å². The van der Waals surface area contributed by atoms with Gasteiger partial charge in [0.2, 0.25) is 0 Å². The van der Waals surface area contributed by atoms with Crippen molar-refractivity contribution in [1.29, 1.82) is 0 Å². The summed E-state index contributed by atoms with van der Waals surface area (Å²) >= 11 is 0. The van der Waals surface area contributed by atoms with Crippen molar-refractivity contribution >= 4 is 24.6 Å². The zero-order chi connectivity index (χ0) is 18.6. The van der Waals surface area contributed by atoms with Crippen LogP contribution < -0.4 is 11.2 Å². The van der Waals surface area contributed by atoms with Crippen molar-refractivity contribution in [2.24, 2.45) is 27.7 Å². The van der Waals surface area contributed by atoms with Crippen molar-refractivity contribution in [2.75, 3.05) is 19.7 Å². The minimum absolute atomic E-state index is 0.396. The molecule has 1 aromatic rings. The highest BCUT2D eigenvalue weighted by Gasteiger charge is 2.29. The van der Waals surface area contributed by atoms with E-state index in [0.29, 0.717) is 12.0 Å². The normalized spacial score (nSPS) is 29.7. The van der Waals surface area contributed by atoms with E-state index in [1.165, 1.54) is 25.7 Å². The van der Waals surface area contributed by atoms with Crippen molar-refractivity contribution in [3.8, 4) is 0 Å². The summed E-state index contributed by atoms with van der Waals surface area (Å²) in [5.74, 6) is 8.15. The Morgan fingerprint density at radius 2 is 2.19 bits per heavy atom. The first-order valence-electron chi connectivity index (χ1n) is 10.1. The number of hydrogen-bond acceptors (Lipinski definition) is 6. The SMILES string of the molecule is C=N/C(=C1/c2cc[nH]c2N=CN1N)C1CCC(CNC[C@H]2CCCO2)CC1. The van der Waals surface area contributed by atoms with Crippen LogP contribution in [0, 0.1) is 11.8 Å². The summed E-state index contributed by atoms with van der Waals surface area (Å²) in [6, 6.07) is 2.01. The molecule has 1 saturated carbocycles. The van der Waals surface area contributed by atoms with Crippen LogP contribution in [0.5, 0.6) is 0 Å². The summed E-state index contributed by atoms with van der Waals surface area (Å²) in [5.41, 5.74) is 2.93. The predicted octanol–water partition coefficient (Wildman–Crippen LogP) is 2.81. The lowest BCUT2D eigenvalue weighted by Crippen LogP contribution is -2.33. The van der Waals surface area contributed by atoms with Crippen LogP contribution in [-0.2, 0) is 4.74 Å². The van der Waals surface area contributed by atoms with Gasteiger partial charge in [-0.2, -0.15) is 0 Å². The quantitative estimate of drug-likeness (QED) is 0.530. The van der Waals surface area contributed by atoms with E-state index in [1.807, 2.05) is 12.3 Å². The van der Waals surface area contributed by atoms with Gasteiger partial charge in [-0.3, -0.25) is 10.0 Å². The topological polar surface area (TPSA) is 91.0 Å². The Morgan fingerprint density at radius 1 is 1.33 bits per heavy atom. The molecule has 146 valence electrons. The first-order valence-corrected chi connectivity index (χ1v) is 10.1. The fourth-order valence-corrected chi connectivity index (χ4v) is 4.54. The van der Waals surface area contributed by atoms with Gasteiger partial charge in [0.25, 0.3) is 0 Å². The first kappa shape index (κ1) is 18.4. The number of rotatable bonds is 6. The molecule has 4 rings (SSSR count). The third-order valence-electron chi connectivity index (χ3n) is 6.03. The maximum Gasteiger partial charge on any atom is 0.141 e. The highest BCUT2D eigenvalue weighted by molar-refractivity contribution is 5.87. The lowest BCUT2D eigenvalue weighted by Gasteiger charge is -2.32. The van der Waals surface area contributed by atoms with Crippen molar-refractivity contribution in [3.63, 3.8) is 0 Å². The van der Waals surface area contributed by atoms with Crippen molar-refractivity contribution in [3.05, 3.63) is 23.5 Å². The molecule has 0 aromatic carbocycles. The number of nitrogens with zero attached hydrogens (tertiary/aromatic N) is 3. The number of fused-ring (bicyclic) bond motifs is 1. The Labute approximate surface area is 160 Å². The van der Waals surface area contributed by atoms with Crippen LogP contribution >= 0.6 is 0 Å². The average molecular weight is 371 g/mol. The Kier molecular flexibility index (Phi) is 5.71. The molecule has 7 heteroatoms. The van der Waals surface area contributed by atoms with E-state index in [1.54, 1.807) is 11.3 Å². The minimum atomic E-state index is 0.396. The van der Waals surface area contributed by atoms with E-state index < -0.39 is 0 Å². The van der Waals surface area contributed by atoms with E-state index in [9.17, 15) is 0 Å². The lowest BCUT2D eigenvalue weighted by atomic mass is 9.79. The zero-order valence-electron chi connectivity index (χ0n) is 15.9. The molecular weight excluding hydrogens is 340 g/mol. The summed E-state index contributed by atoms with van der Waals surface area (Å²) in [5, 5.41) is 5.19. The summed E-state index contributed by atoms with van der Waals surface area (Å²) < 4.78 is 5.69. The second-order valence-electron chi connectivity index (χ2n) is 7.79. The van der Waals surface area contributed by atoms with E-state index in [4.69, 9.17) is 10.6 Å². The molecule has 2 fully saturated rings. The van der Waals surface area contributed by atoms with Crippen LogP contribution in [0.1, 0.15) is 44.1 Å². The van der Waals surface area contributed by atoms with E-state index in [-0.39, 0.29) is 0 Å². The Morgan fingerprint density at radius 3 is 2.93 bits per heavy atom. The molecule has 1 aromatic heterocycles. The Hall–Kier alpha value is -1.96. The van der Waals surface area contributed by atoms with Crippen molar-refractivity contribution in [1.82, 2.24) is 15.3 Å². The summed E-state index contributed by atoms with van der Waals surface area (Å²) in [4.78, 5) is 11.9. The second-order valence-corrected chi connectivity index (χ2v) is 7.79. The van der Waals surface area contributed by atoms with Crippen LogP contribution in [0.4, 0.5) is 5.82 Å². The van der Waals surface area contributed by atoms with Gasteiger partial charge < -0.3 is 15.0 Å². The lowest BCUT2D eigenvalue weighted by molar-refractivity contribution is 0.108. The molecule has 0 unspecified atom stereocenters. The number of hydrazine groups is 1. The van der Waals surface area contributed by atoms with Gasteiger partial charge in [-0.1, -0.05) is 0 Å². The predicted molar refractivity (Wildman–Crippen MR) is 109 cm³/mol. The van der Waals surface area contributed by atoms with Crippen LogP contribution in [0.25, 0.3) is 5.70 Å². The van der Waals surface area contributed by atoms with Gasteiger partial charge in [0.05, 0.1) is 17.5 Å². The zero-order valence-corrected chi connectivity index (χ0v) is 15.9. The molecular formula is C20H30N6O. The van der Waals surface area contributed by atoms with Gasteiger partial charge in [0.1, 0.15) is 12.2 Å². The highest BCUT2D eigenvalue weighted by atomic mass is 16.5. The smallest absolute Gasteiger partial charge is 0.141 e. The molecule has 0 amide bonds. The minimum Gasteiger partial charge on any atom is -0.377 e. The van der Waals surface area contributed by atoms with Crippen LogP contribution in [-0.4, -0.2) is 48.8 Å². The molecule has 2 aliphatic heterocycles. The number of aromatic nitrogens is 1. The average Bonchev–Trinajstić information content (AvgIpc) is 3.37. The molecule has 7 nitrogen and oxygen atoms in total. The first-order chi connectivity index (χ1) is 13.3. The summed E-state index contributed by atoms with van der Waals surface area (Å²) in [6.45, 7) is 6.84. The number of allylic oxidation sites excluding steroid dienone is 1. The Balaban J connectivity index is 1.36. The van der Waals surface area contributed by atoms with Gasteiger partial charge >= 0.3 is 0 Å². The van der Waals surface area contributed by atoms with Crippen molar-refractivity contribution < 1.29 is 4.74 Å². The van der Waals surface area contributed by atoms with Gasteiger partial charge in [-0.25, -0.2) is 10.8 Å². The molecule has 1 saturated heterocycles. The number of hydrogen-bond donors (Lipinski definition) is 3. The number of nitrogens with one attached hydrogen (secondary N) is 2. The molecule has 3 aliphatic rings. The largest absolute Gasteiger partial charge is 0.377 e. The maximum atomic E-state index is 6.19. The van der Waals surface area contributed by atoms with Gasteiger partial charge in [-0.05, 0) is 63.8 Å². The fourth-order valence-electron chi connectivity index (χ4n) is 4.54. The number of ether oxygens (including phenoxy) is 1. The van der Waals surface area contributed by atoms with Gasteiger partial charge in [0.15, 0.2) is 0 Å². The third kappa shape index (κ3) is 4.00. The standard InChI is InChI=1S/C20H30N6O/c1-22-18(19-17-8-9-24-20(17)25-13-26(19)21)15-6-4-14(5-7-15)11-23-12-16-3-2-10-27-16/h8-9,13-16,23-24H,1-7,10-12,21H2/b19-18-/t14?,15?,16-/m1/s1. The second kappa shape index (κ2) is 8.37.